The maximum Gasteiger partial charge on any atom is 0.573 e. The van der Waals surface area contributed by atoms with E-state index in [4.69, 9.17) is 11.6 Å². The third-order valence-corrected chi connectivity index (χ3v) is 3.89. The SMILES string of the molecule is O=C(CCl)N1CCC(O)(c2cccc(OC(F)(F)F)c2)CC1. The van der Waals surface area contributed by atoms with Gasteiger partial charge in [-0.2, -0.15) is 0 Å². The van der Waals surface area contributed by atoms with Gasteiger partial charge in [0.1, 0.15) is 11.6 Å². The molecular formula is C14H15ClF3NO3. The number of hydrogen-bond acceptors (Lipinski definition) is 3. The molecule has 1 N–H and O–H groups in total. The van der Waals surface area contributed by atoms with Gasteiger partial charge in [-0.25, -0.2) is 0 Å². The second-order valence-electron chi connectivity index (χ2n) is 5.12. The summed E-state index contributed by atoms with van der Waals surface area (Å²) in [6.45, 7) is 0.596. The van der Waals surface area contributed by atoms with Gasteiger partial charge in [0, 0.05) is 13.1 Å². The van der Waals surface area contributed by atoms with Gasteiger partial charge in [0.2, 0.25) is 5.91 Å². The molecule has 4 nitrogen and oxygen atoms in total. The molecule has 1 aliphatic rings. The van der Waals surface area contributed by atoms with E-state index in [2.05, 4.69) is 4.74 Å². The van der Waals surface area contributed by atoms with E-state index < -0.39 is 12.0 Å². The third kappa shape index (κ3) is 4.04. The molecule has 1 aliphatic heterocycles. The normalized spacial score (nSPS) is 18.1. The Morgan fingerprint density at radius 2 is 2.00 bits per heavy atom. The highest BCUT2D eigenvalue weighted by Crippen LogP contribution is 2.35. The van der Waals surface area contributed by atoms with Crippen molar-refractivity contribution in [2.45, 2.75) is 24.8 Å². The van der Waals surface area contributed by atoms with Gasteiger partial charge in [-0.1, -0.05) is 12.1 Å². The van der Waals surface area contributed by atoms with Gasteiger partial charge in [0.15, 0.2) is 0 Å². The summed E-state index contributed by atoms with van der Waals surface area (Å²) in [6.07, 6.45) is -4.33. The van der Waals surface area contributed by atoms with Crippen molar-refractivity contribution >= 4 is 17.5 Å². The number of carbonyl (C=O) groups is 1. The zero-order valence-corrected chi connectivity index (χ0v) is 12.3. The van der Waals surface area contributed by atoms with Crippen molar-refractivity contribution in [1.29, 1.82) is 0 Å². The van der Waals surface area contributed by atoms with Gasteiger partial charge in [0.05, 0.1) is 5.60 Å². The van der Waals surface area contributed by atoms with Crippen molar-refractivity contribution in [3.8, 4) is 5.75 Å². The van der Waals surface area contributed by atoms with Crippen LogP contribution < -0.4 is 4.74 Å². The summed E-state index contributed by atoms with van der Waals surface area (Å²) in [5.41, 5.74) is -0.944. The molecule has 0 unspecified atom stereocenters. The first kappa shape index (κ1) is 16.9. The molecule has 0 aliphatic carbocycles. The number of nitrogens with zero attached hydrogens (tertiary/aromatic N) is 1. The molecule has 1 aromatic carbocycles. The van der Waals surface area contributed by atoms with Crippen molar-refractivity contribution in [2.24, 2.45) is 0 Å². The van der Waals surface area contributed by atoms with E-state index in [1.165, 1.54) is 23.1 Å². The fraction of sp³-hybridized carbons (Fsp3) is 0.500. The van der Waals surface area contributed by atoms with E-state index in [0.29, 0.717) is 18.7 Å². The molecule has 0 bridgehead atoms. The van der Waals surface area contributed by atoms with Crippen LogP contribution in [-0.2, 0) is 10.4 Å². The smallest absolute Gasteiger partial charge is 0.406 e. The van der Waals surface area contributed by atoms with Crippen LogP contribution in [0.2, 0.25) is 0 Å². The van der Waals surface area contributed by atoms with E-state index in [0.717, 1.165) is 0 Å². The van der Waals surface area contributed by atoms with Gasteiger partial charge in [0.25, 0.3) is 0 Å². The first-order valence-electron chi connectivity index (χ1n) is 6.66. The minimum atomic E-state index is -4.78. The molecular weight excluding hydrogens is 323 g/mol. The Morgan fingerprint density at radius 1 is 1.36 bits per heavy atom. The number of ether oxygens (including phenoxy) is 1. The van der Waals surface area contributed by atoms with Crippen LogP contribution in [0.15, 0.2) is 24.3 Å². The van der Waals surface area contributed by atoms with E-state index >= 15 is 0 Å². The van der Waals surface area contributed by atoms with Crippen LogP contribution in [-0.4, -0.2) is 41.2 Å². The van der Waals surface area contributed by atoms with Crippen LogP contribution in [0.4, 0.5) is 13.2 Å². The zero-order valence-electron chi connectivity index (χ0n) is 11.6. The molecule has 0 saturated carbocycles. The molecule has 1 heterocycles. The molecule has 22 heavy (non-hydrogen) atoms. The van der Waals surface area contributed by atoms with E-state index in [1.807, 2.05) is 0 Å². The standard InChI is InChI=1S/C14H15ClF3NO3/c15-9-12(20)19-6-4-13(21,5-7-19)10-2-1-3-11(8-10)22-14(16,17)18/h1-3,8,21H,4-7,9H2. The summed E-state index contributed by atoms with van der Waals surface area (Å²) in [5.74, 6) is -0.733. The summed E-state index contributed by atoms with van der Waals surface area (Å²) in [7, 11) is 0. The molecule has 1 aromatic rings. The third-order valence-electron chi connectivity index (χ3n) is 3.66. The molecule has 1 saturated heterocycles. The molecule has 2 rings (SSSR count). The summed E-state index contributed by atoms with van der Waals surface area (Å²) in [6, 6.07) is 5.28. The maximum atomic E-state index is 12.2. The average Bonchev–Trinajstić information content (AvgIpc) is 2.46. The predicted molar refractivity (Wildman–Crippen MR) is 73.6 cm³/mol. The van der Waals surface area contributed by atoms with Gasteiger partial charge in [-0.3, -0.25) is 4.79 Å². The number of aliphatic hydroxyl groups is 1. The number of carbonyl (C=O) groups excluding carboxylic acids is 1. The molecule has 0 atom stereocenters. The van der Waals surface area contributed by atoms with E-state index in [-0.39, 0.29) is 30.4 Å². The number of amides is 1. The highest BCUT2D eigenvalue weighted by atomic mass is 35.5. The molecule has 122 valence electrons. The predicted octanol–water partition coefficient (Wildman–Crippen LogP) is 2.63. The minimum Gasteiger partial charge on any atom is -0.406 e. The highest BCUT2D eigenvalue weighted by molar-refractivity contribution is 6.27. The van der Waals surface area contributed by atoms with Crippen LogP contribution >= 0.6 is 11.6 Å². The summed E-state index contributed by atoms with van der Waals surface area (Å²) in [5, 5.41) is 10.6. The Balaban J connectivity index is 2.11. The molecule has 0 aromatic heterocycles. The summed E-state index contributed by atoms with van der Waals surface area (Å²) >= 11 is 5.48. The Hall–Kier alpha value is -1.47. The van der Waals surface area contributed by atoms with Gasteiger partial charge in [-0.15, -0.1) is 24.8 Å². The quantitative estimate of drug-likeness (QED) is 0.863. The highest BCUT2D eigenvalue weighted by Gasteiger charge is 2.36. The number of rotatable bonds is 3. The Morgan fingerprint density at radius 3 is 2.55 bits per heavy atom. The topological polar surface area (TPSA) is 49.8 Å². The molecule has 1 amide bonds. The number of piperidine rings is 1. The van der Waals surface area contributed by atoms with Crippen molar-refractivity contribution in [3.05, 3.63) is 29.8 Å². The van der Waals surface area contributed by atoms with Gasteiger partial charge < -0.3 is 14.7 Å². The number of benzene rings is 1. The lowest BCUT2D eigenvalue weighted by Gasteiger charge is -2.38. The Bertz CT molecular complexity index is 542. The number of alkyl halides is 4. The van der Waals surface area contributed by atoms with Crippen LogP contribution in [0.1, 0.15) is 18.4 Å². The number of likely N-dealkylation sites (tertiary alicyclic amines) is 1. The number of hydrogen-bond donors (Lipinski definition) is 1. The second kappa shape index (κ2) is 6.34. The van der Waals surface area contributed by atoms with Crippen LogP contribution in [0.25, 0.3) is 0 Å². The molecule has 1 fully saturated rings. The monoisotopic (exact) mass is 337 g/mol. The molecule has 0 spiro atoms. The largest absolute Gasteiger partial charge is 0.573 e. The molecule has 8 heteroatoms. The lowest BCUT2D eigenvalue weighted by molar-refractivity contribution is -0.274. The van der Waals surface area contributed by atoms with Gasteiger partial charge >= 0.3 is 6.36 Å². The Labute approximate surface area is 130 Å². The fourth-order valence-electron chi connectivity index (χ4n) is 2.48. The van der Waals surface area contributed by atoms with Crippen molar-refractivity contribution in [1.82, 2.24) is 4.90 Å². The first-order chi connectivity index (χ1) is 10.2. The summed E-state index contributed by atoms with van der Waals surface area (Å²) < 4.78 is 40.6. The Kier molecular flexibility index (Phi) is 4.87. The molecule has 0 radical (unpaired) electrons. The first-order valence-corrected chi connectivity index (χ1v) is 7.19. The second-order valence-corrected chi connectivity index (χ2v) is 5.39. The average molecular weight is 338 g/mol. The lowest BCUT2D eigenvalue weighted by Crippen LogP contribution is -2.45. The van der Waals surface area contributed by atoms with Crippen LogP contribution in [0.3, 0.4) is 0 Å². The van der Waals surface area contributed by atoms with Crippen LogP contribution in [0.5, 0.6) is 5.75 Å². The minimum absolute atomic E-state index is 0.132. The lowest BCUT2D eigenvalue weighted by atomic mass is 9.84. The van der Waals surface area contributed by atoms with Gasteiger partial charge in [-0.05, 0) is 30.5 Å². The zero-order chi connectivity index (χ0) is 16.4. The van der Waals surface area contributed by atoms with E-state index in [1.54, 1.807) is 6.07 Å². The van der Waals surface area contributed by atoms with E-state index in [9.17, 15) is 23.1 Å². The number of halogens is 4. The van der Waals surface area contributed by atoms with Crippen molar-refractivity contribution in [2.75, 3.05) is 19.0 Å². The van der Waals surface area contributed by atoms with Crippen molar-refractivity contribution in [3.63, 3.8) is 0 Å². The summed E-state index contributed by atoms with van der Waals surface area (Å²) in [4.78, 5) is 13.0. The van der Waals surface area contributed by atoms with Crippen molar-refractivity contribution < 1.29 is 27.8 Å². The van der Waals surface area contributed by atoms with Crippen LogP contribution in [0, 0.1) is 0 Å². The maximum absolute atomic E-state index is 12.2. The fourth-order valence-corrected chi connectivity index (χ4v) is 2.65.